The number of benzene rings is 1. The van der Waals surface area contributed by atoms with Crippen molar-refractivity contribution in [1.29, 1.82) is 0 Å². The summed E-state index contributed by atoms with van der Waals surface area (Å²) in [5.41, 5.74) is 8.37. The number of rotatable bonds is 21. The molecule has 2 rings (SSSR count). The van der Waals surface area contributed by atoms with Gasteiger partial charge in [0.15, 0.2) is 0 Å². The van der Waals surface area contributed by atoms with Crippen LogP contribution in [0.2, 0.25) is 0 Å². The molecule has 0 aliphatic carbocycles. The first kappa shape index (κ1) is 33.5. The molecular weight excluding hydrogens is 478 g/mol. The Balaban J connectivity index is 2.04. The lowest BCUT2D eigenvalue weighted by atomic mass is 9.75. The minimum atomic E-state index is 0.153. The van der Waals surface area contributed by atoms with Crippen molar-refractivity contribution in [3.05, 3.63) is 51.9 Å². The Bertz CT molecular complexity index is 882. The number of dihydropyridines is 1. The van der Waals surface area contributed by atoms with E-state index in [-0.39, 0.29) is 12.0 Å². The van der Waals surface area contributed by atoms with E-state index < -0.39 is 0 Å². The largest absolute Gasteiger partial charge is 0.491 e. The van der Waals surface area contributed by atoms with Crippen molar-refractivity contribution in [1.82, 2.24) is 5.32 Å². The summed E-state index contributed by atoms with van der Waals surface area (Å²) in [5, 5.41) is 3.68. The quantitative estimate of drug-likeness (QED) is 0.158. The molecule has 39 heavy (non-hydrogen) atoms. The summed E-state index contributed by atoms with van der Waals surface area (Å²) in [6, 6.07) is 6.75. The van der Waals surface area contributed by atoms with Crippen molar-refractivity contribution in [2.24, 2.45) is 0 Å². The van der Waals surface area contributed by atoms with E-state index in [0.29, 0.717) is 0 Å². The number of hydrogen-bond acceptors (Lipinski definition) is 3. The van der Waals surface area contributed by atoms with Gasteiger partial charge in [0, 0.05) is 30.0 Å². The molecule has 0 aromatic heterocycles. The molecule has 1 atom stereocenters. The van der Waals surface area contributed by atoms with Crippen molar-refractivity contribution < 1.29 is 9.47 Å². The van der Waals surface area contributed by atoms with Crippen molar-refractivity contribution >= 4 is 0 Å². The molecule has 1 heterocycles. The second-order valence-corrected chi connectivity index (χ2v) is 11.9. The maximum absolute atomic E-state index is 6.48. The predicted molar refractivity (Wildman–Crippen MR) is 170 cm³/mol. The number of methoxy groups -OCH3 is 1. The van der Waals surface area contributed by atoms with E-state index in [4.69, 9.17) is 9.47 Å². The molecule has 1 aromatic carbocycles. The van der Waals surface area contributed by atoms with Gasteiger partial charge in [0.05, 0.1) is 12.7 Å². The lowest BCUT2D eigenvalue weighted by molar-refractivity contribution is 0.200. The molecule has 0 amide bonds. The molecule has 0 fully saturated rings. The van der Waals surface area contributed by atoms with Gasteiger partial charge in [-0.15, -0.1) is 0 Å². The Labute approximate surface area is 242 Å². The normalized spacial score (nSPS) is 15.8. The van der Waals surface area contributed by atoms with Crippen LogP contribution in [-0.4, -0.2) is 19.8 Å². The summed E-state index contributed by atoms with van der Waals surface area (Å²) in [6.45, 7) is 14.1. The van der Waals surface area contributed by atoms with Gasteiger partial charge < -0.3 is 14.8 Å². The summed E-state index contributed by atoms with van der Waals surface area (Å²) in [4.78, 5) is 0. The zero-order valence-corrected chi connectivity index (χ0v) is 26.7. The molecule has 1 aromatic rings. The first-order valence-electron chi connectivity index (χ1n) is 16.4. The first-order chi connectivity index (χ1) is 18.9. The van der Waals surface area contributed by atoms with E-state index in [1.807, 2.05) is 0 Å². The molecule has 0 bridgehead atoms. The topological polar surface area (TPSA) is 30.5 Å². The minimum Gasteiger partial charge on any atom is -0.491 e. The predicted octanol–water partition coefficient (Wildman–Crippen LogP) is 10.8. The van der Waals surface area contributed by atoms with E-state index in [2.05, 4.69) is 65.1 Å². The highest BCUT2D eigenvalue weighted by Gasteiger charge is 2.31. The van der Waals surface area contributed by atoms with E-state index in [0.717, 1.165) is 31.6 Å². The van der Waals surface area contributed by atoms with Crippen molar-refractivity contribution in [2.75, 3.05) is 13.7 Å². The van der Waals surface area contributed by atoms with Crippen LogP contribution in [-0.2, 0) is 11.2 Å². The molecule has 1 N–H and O–H groups in total. The van der Waals surface area contributed by atoms with Crippen molar-refractivity contribution in [3.63, 3.8) is 0 Å². The Morgan fingerprint density at radius 1 is 0.744 bits per heavy atom. The van der Waals surface area contributed by atoms with E-state index in [1.54, 1.807) is 7.11 Å². The Morgan fingerprint density at radius 2 is 1.31 bits per heavy atom. The van der Waals surface area contributed by atoms with E-state index >= 15 is 0 Å². The fraction of sp³-hybridized carbons (Fsp3) is 0.722. The molecule has 222 valence electrons. The summed E-state index contributed by atoms with van der Waals surface area (Å²) in [6.07, 6.45) is 21.3. The van der Waals surface area contributed by atoms with Crippen LogP contribution in [0.1, 0.15) is 155 Å². The van der Waals surface area contributed by atoms with Crippen molar-refractivity contribution in [3.8, 4) is 5.75 Å². The minimum absolute atomic E-state index is 0.153. The zero-order valence-electron chi connectivity index (χ0n) is 26.7. The Morgan fingerprint density at radius 3 is 1.85 bits per heavy atom. The maximum atomic E-state index is 6.48. The Kier molecular flexibility index (Phi) is 16.6. The van der Waals surface area contributed by atoms with Crippen LogP contribution in [0.4, 0.5) is 0 Å². The molecule has 0 saturated carbocycles. The highest BCUT2D eigenvalue weighted by molar-refractivity contribution is 5.54. The summed E-state index contributed by atoms with van der Waals surface area (Å²) >= 11 is 0. The van der Waals surface area contributed by atoms with Crippen LogP contribution < -0.4 is 10.1 Å². The van der Waals surface area contributed by atoms with Crippen molar-refractivity contribution in [2.45, 2.75) is 156 Å². The highest BCUT2D eigenvalue weighted by Crippen LogP contribution is 2.46. The van der Waals surface area contributed by atoms with Gasteiger partial charge in [0.2, 0.25) is 0 Å². The smallest absolute Gasteiger partial charge is 0.124 e. The number of aryl methyl sites for hydroxylation is 1. The van der Waals surface area contributed by atoms with E-state index in [1.165, 1.54) is 117 Å². The third kappa shape index (κ3) is 11.3. The average Bonchev–Trinajstić information content (AvgIpc) is 2.90. The molecule has 0 spiro atoms. The number of unbranched alkanes of at least 4 members (excludes halogenated alkanes) is 12. The summed E-state index contributed by atoms with van der Waals surface area (Å²) in [7, 11) is 1.80. The molecule has 3 nitrogen and oxygen atoms in total. The zero-order chi connectivity index (χ0) is 28.5. The first-order valence-corrected chi connectivity index (χ1v) is 16.4. The SMILES string of the molecule is CCCCCCCCCCCCCCCc1cccc(OC(C)C)c1C1C(CC)=C(C)NC(C)=C1CCOC. The summed E-state index contributed by atoms with van der Waals surface area (Å²) in [5.74, 6) is 1.32. The molecule has 0 saturated heterocycles. The third-order valence-electron chi connectivity index (χ3n) is 8.35. The van der Waals surface area contributed by atoms with Gasteiger partial charge in [-0.05, 0) is 76.2 Å². The standard InChI is InChI=1S/C36H61NO2/c1-8-10-11-12-13-14-15-16-17-18-19-20-21-23-31-24-22-25-34(39-28(3)4)35(31)36-32(9-2)29(5)37-30(6)33(36)26-27-38-7/h22,24-25,28,36-37H,8-21,23,26-27H2,1-7H3. The molecule has 0 radical (unpaired) electrons. The van der Waals surface area contributed by atoms with Crippen LogP contribution in [0.5, 0.6) is 5.75 Å². The molecule has 3 heteroatoms. The highest BCUT2D eigenvalue weighted by atomic mass is 16.5. The lowest BCUT2D eigenvalue weighted by Crippen LogP contribution is -2.26. The van der Waals surface area contributed by atoms with Crippen LogP contribution >= 0.6 is 0 Å². The average molecular weight is 540 g/mol. The van der Waals surface area contributed by atoms with Crippen LogP contribution in [0.15, 0.2) is 40.7 Å². The van der Waals surface area contributed by atoms with Crippen LogP contribution in [0.3, 0.4) is 0 Å². The third-order valence-corrected chi connectivity index (χ3v) is 8.35. The summed E-state index contributed by atoms with van der Waals surface area (Å²) < 4.78 is 12.0. The fourth-order valence-electron chi connectivity index (χ4n) is 6.27. The maximum Gasteiger partial charge on any atom is 0.124 e. The number of hydrogen-bond donors (Lipinski definition) is 1. The van der Waals surface area contributed by atoms with Gasteiger partial charge in [-0.3, -0.25) is 0 Å². The number of allylic oxidation sites excluding steroid dienone is 3. The molecular formula is C36H61NO2. The van der Waals surface area contributed by atoms with Crippen LogP contribution in [0.25, 0.3) is 0 Å². The van der Waals surface area contributed by atoms with Gasteiger partial charge in [0.1, 0.15) is 5.75 Å². The second kappa shape index (κ2) is 19.4. The van der Waals surface area contributed by atoms with Gasteiger partial charge >= 0.3 is 0 Å². The fourth-order valence-corrected chi connectivity index (χ4v) is 6.27. The lowest BCUT2D eigenvalue weighted by Gasteiger charge is -2.35. The van der Waals surface area contributed by atoms with Gasteiger partial charge in [0.25, 0.3) is 0 Å². The number of nitrogens with one attached hydrogen (secondary N) is 1. The molecule has 1 unspecified atom stereocenters. The monoisotopic (exact) mass is 539 g/mol. The number of ether oxygens (including phenoxy) is 2. The van der Waals surface area contributed by atoms with Crippen LogP contribution in [0, 0.1) is 0 Å². The van der Waals surface area contributed by atoms with E-state index in [9.17, 15) is 0 Å². The Hall–Kier alpha value is -1.74. The molecule has 1 aliphatic rings. The van der Waals surface area contributed by atoms with Gasteiger partial charge in [-0.25, -0.2) is 0 Å². The van der Waals surface area contributed by atoms with Gasteiger partial charge in [-0.2, -0.15) is 0 Å². The molecule has 1 aliphatic heterocycles. The second-order valence-electron chi connectivity index (χ2n) is 11.9. The van der Waals surface area contributed by atoms with Gasteiger partial charge in [-0.1, -0.05) is 103 Å².